The molecule has 0 bridgehead atoms. The molecule has 120 valence electrons. The number of sulfone groups is 1. The van der Waals surface area contributed by atoms with Gasteiger partial charge >= 0.3 is 0 Å². The Balaban J connectivity index is 2.82. The van der Waals surface area contributed by atoms with E-state index in [1.807, 2.05) is 13.8 Å². The Labute approximate surface area is 125 Å². The van der Waals surface area contributed by atoms with Crippen LogP contribution in [0.5, 0.6) is 0 Å². The molecule has 1 rings (SSSR count). The minimum absolute atomic E-state index is 0.441. The molecule has 1 fully saturated rings. The van der Waals surface area contributed by atoms with Gasteiger partial charge in [0, 0.05) is 38.0 Å². The number of piperazine rings is 1. The van der Waals surface area contributed by atoms with E-state index in [9.17, 15) is 8.42 Å². The lowest BCUT2D eigenvalue weighted by Crippen LogP contribution is -2.61. The molecule has 5 heteroatoms. The Morgan fingerprint density at radius 2 is 1.95 bits per heavy atom. The minimum atomic E-state index is -3.04. The summed E-state index contributed by atoms with van der Waals surface area (Å²) >= 11 is 0. The van der Waals surface area contributed by atoms with Gasteiger partial charge in [-0.2, -0.15) is 0 Å². The quantitative estimate of drug-likeness (QED) is 0.814. The van der Waals surface area contributed by atoms with Gasteiger partial charge in [-0.1, -0.05) is 27.2 Å². The zero-order valence-electron chi connectivity index (χ0n) is 13.9. The molecule has 3 unspecified atom stereocenters. The molecule has 1 saturated heterocycles. The molecule has 0 amide bonds. The topological polar surface area (TPSA) is 49.4 Å². The summed E-state index contributed by atoms with van der Waals surface area (Å²) in [6.07, 6.45) is 3.56. The van der Waals surface area contributed by atoms with Crippen LogP contribution >= 0.6 is 0 Å². The van der Waals surface area contributed by atoms with Crippen molar-refractivity contribution < 1.29 is 8.42 Å². The molecule has 4 nitrogen and oxygen atoms in total. The lowest BCUT2D eigenvalue weighted by atomic mass is 9.94. The number of nitrogens with zero attached hydrogens (tertiary/aromatic N) is 1. The van der Waals surface area contributed by atoms with Crippen LogP contribution in [-0.4, -0.2) is 56.0 Å². The number of rotatable bonds is 6. The van der Waals surface area contributed by atoms with E-state index in [-0.39, 0.29) is 0 Å². The van der Waals surface area contributed by atoms with Gasteiger partial charge in [0.15, 0.2) is 9.84 Å². The average Bonchev–Trinajstić information content (AvgIpc) is 2.36. The highest BCUT2D eigenvalue weighted by molar-refractivity contribution is 7.92. The average molecular weight is 305 g/mol. The van der Waals surface area contributed by atoms with Crippen LogP contribution in [0.2, 0.25) is 0 Å². The summed E-state index contributed by atoms with van der Waals surface area (Å²) in [5, 5.41) is 3.63. The monoisotopic (exact) mass is 304 g/mol. The first kappa shape index (κ1) is 17.9. The summed E-state index contributed by atoms with van der Waals surface area (Å²) in [6, 6.07) is 0.912. The molecule has 1 aliphatic rings. The predicted molar refractivity (Wildman–Crippen MR) is 85.8 cm³/mol. The maximum absolute atomic E-state index is 12.0. The van der Waals surface area contributed by atoms with Gasteiger partial charge in [-0.25, -0.2) is 8.42 Å². The fourth-order valence-corrected chi connectivity index (χ4v) is 3.15. The molecule has 0 saturated carbocycles. The third-order valence-corrected chi connectivity index (χ3v) is 7.09. The highest BCUT2D eigenvalue weighted by atomic mass is 32.2. The summed E-state index contributed by atoms with van der Waals surface area (Å²) in [6.45, 7) is 12.9. The van der Waals surface area contributed by atoms with E-state index in [4.69, 9.17) is 0 Å². The van der Waals surface area contributed by atoms with Crippen LogP contribution in [0.25, 0.3) is 0 Å². The van der Waals surface area contributed by atoms with Gasteiger partial charge in [-0.3, -0.25) is 4.90 Å². The molecule has 0 aromatic rings. The van der Waals surface area contributed by atoms with E-state index in [2.05, 4.69) is 31.0 Å². The van der Waals surface area contributed by atoms with E-state index in [1.165, 1.54) is 6.26 Å². The van der Waals surface area contributed by atoms with Gasteiger partial charge in [0.25, 0.3) is 0 Å². The first-order valence-corrected chi connectivity index (χ1v) is 9.68. The van der Waals surface area contributed by atoms with E-state index < -0.39 is 14.6 Å². The van der Waals surface area contributed by atoms with Gasteiger partial charge < -0.3 is 5.32 Å². The van der Waals surface area contributed by atoms with E-state index in [1.54, 1.807) is 0 Å². The number of hydrogen-bond donors (Lipinski definition) is 1. The van der Waals surface area contributed by atoms with Crippen molar-refractivity contribution in [1.82, 2.24) is 10.2 Å². The Morgan fingerprint density at radius 3 is 2.40 bits per heavy atom. The summed E-state index contributed by atoms with van der Waals surface area (Å²) < 4.78 is 23.2. The van der Waals surface area contributed by atoms with Gasteiger partial charge in [-0.15, -0.1) is 0 Å². The Hall–Kier alpha value is -0.130. The maximum Gasteiger partial charge on any atom is 0.153 e. The Kier molecular flexibility index (Phi) is 6.05. The van der Waals surface area contributed by atoms with Crippen molar-refractivity contribution >= 4 is 9.84 Å². The first-order valence-electron chi connectivity index (χ1n) is 7.79. The number of nitrogens with one attached hydrogen (secondary N) is 1. The van der Waals surface area contributed by atoms with Gasteiger partial charge in [0.1, 0.15) is 0 Å². The van der Waals surface area contributed by atoms with Crippen LogP contribution < -0.4 is 5.32 Å². The highest BCUT2D eigenvalue weighted by Crippen LogP contribution is 2.23. The van der Waals surface area contributed by atoms with Gasteiger partial charge in [-0.05, 0) is 26.2 Å². The summed E-state index contributed by atoms with van der Waals surface area (Å²) in [7, 11) is -3.04. The smallest absolute Gasteiger partial charge is 0.153 e. The second-order valence-electron chi connectivity index (χ2n) is 6.92. The molecule has 0 aliphatic carbocycles. The molecule has 0 aromatic heterocycles. The van der Waals surface area contributed by atoms with E-state index >= 15 is 0 Å². The Morgan fingerprint density at radius 1 is 1.35 bits per heavy atom. The molecule has 1 aliphatic heterocycles. The maximum atomic E-state index is 12.0. The molecule has 0 radical (unpaired) electrons. The lowest BCUT2D eigenvalue weighted by molar-refractivity contribution is 0.0981. The normalized spacial score (nSPS) is 27.5. The van der Waals surface area contributed by atoms with E-state index in [0.717, 1.165) is 25.9 Å². The van der Waals surface area contributed by atoms with Crippen molar-refractivity contribution in [3.63, 3.8) is 0 Å². The fraction of sp³-hybridized carbons (Fsp3) is 1.00. The second-order valence-corrected chi connectivity index (χ2v) is 9.57. The second kappa shape index (κ2) is 6.75. The van der Waals surface area contributed by atoms with Crippen LogP contribution in [-0.2, 0) is 9.84 Å². The molecule has 1 heterocycles. The zero-order valence-corrected chi connectivity index (χ0v) is 14.8. The molecule has 1 N–H and O–H groups in total. The van der Waals surface area contributed by atoms with Crippen molar-refractivity contribution in [3.8, 4) is 0 Å². The van der Waals surface area contributed by atoms with Crippen LogP contribution in [0, 0.1) is 5.92 Å². The molecular formula is C15H32N2O2S. The van der Waals surface area contributed by atoms with Crippen LogP contribution in [0.1, 0.15) is 47.5 Å². The summed E-state index contributed by atoms with van der Waals surface area (Å²) in [4.78, 5) is 2.38. The third kappa shape index (κ3) is 4.18. The highest BCUT2D eigenvalue weighted by Gasteiger charge is 2.37. The summed E-state index contributed by atoms with van der Waals surface area (Å²) in [5.41, 5.74) is 0. The third-order valence-electron chi connectivity index (χ3n) is 4.95. The Bertz CT molecular complexity index is 406. The molecular weight excluding hydrogens is 272 g/mol. The summed E-state index contributed by atoms with van der Waals surface area (Å²) in [5.74, 6) is 0.622. The molecule has 0 aromatic carbocycles. The standard InChI is InChI=1S/C15H32N2O2S/c1-7-12(3)14-10-17(13(8-2)9-16-14)11-15(4,5)20(6,18)19/h12-14,16H,7-11H2,1-6H3. The van der Waals surface area contributed by atoms with Crippen molar-refractivity contribution in [1.29, 1.82) is 0 Å². The predicted octanol–water partition coefficient (Wildman–Crippen LogP) is 1.91. The van der Waals surface area contributed by atoms with Crippen molar-refractivity contribution in [2.45, 2.75) is 64.3 Å². The lowest BCUT2D eigenvalue weighted by Gasteiger charge is -2.44. The van der Waals surface area contributed by atoms with E-state index in [0.29, 0.717) is 24.5 Å². The molecule has 20 heavy (non-hydrogen) atoms. The molecule has 3 atom stereocenters. The molecule has 0 spiro atoms. The van der Waals surface area contributed by atoms with Crippen molar-refractivity contribution in [2.75, 3.05) is 25.9 Å². The van der Waals surface area contributed by atoms with Crippen molar-refractivity contribution in [3.05, 3.63) is 0 Å². The SMILES string of the molecule is CCC(C)C1CN(CC(C)(C)S(C)(=O)=O)C(CC)CN1. The van der Waals surface area contributed by atoms with Gasteiger partial charge in [0.05, 0.1) is 4.75 Å². The van der Waals surface area contributed by atoms with Crippen LogP contribution in [0.15, 0.2) is 0 Å². The van der Waals surface area contributed by atoms with Gasteiger partial charge in [0.2, 0.25) is 0 Å². The number of hydrogen-bond acceptors (Lipinski definition) is 4. The minimum Gasteiger partial charge on any atom is -0.311 e. The largest absolute Gasteiger partial charge is 0.311 e. The first-order chi connectivity index (χ1) is 9.12. The van der Waals surface area contributed by atoms with Crippen molar-refractivity contribution in [2.24, 2.45) is 5.92 Å². The van der Waals surface area contributed by atoms with Crippen LogP contribution in [0.3, 0.4) is 0 Å². The fourth-order valence-electron chi connectivity index (χ4n) is 2.75. The zero-order chi connectivity index (χ0) is 15.6. The van der Waals surface area contributed by atoms with Crippen LogP contribution in [0.4, 0.5) is 0 Å².